The summed E-state index contributed by atoms with van der Waals surface area (Å²) in [5.41, 5.74) is 2.65. The highest BCUT2D eigenvalue weighted by Crippen LogP contribution is 2.31. The number of aromatic nitrogens is 2. The second kappa shape index (κ2) is 7.97. The Morgan fingerprint density at radius 3 is 2.68 bits per heavy atom. The number of hydrogen-bond acceptors (Lipinski definition) is 4. The Kier molecular flexibility index (Phi) is 5.24. The first-order valence-electron chi connectivity index (χ1n) is 9.88. The van der Waals surface area contributed by atoms with Crippen molar-refractivity contribution in [3.63, 3.8) is 0 Å². The second-order valence-electron chi connectivity index (χ2n) is 7.41. The van der Waals surface area contributed by atoms with Crippen LogP contribution in [0.15, 0.2) is 52.4 Å². The maximum absolute atomic E-state index is 13.2. The molecule has 0 atom stereocenters. The summed E-state index contributed by atoms with van der Waals surface area (Å²) in [7, 11) is 1.65. The fourth-order valence-corrected chi connectivity index (χ4v) is 3.92. The van der Waals surface area contributed by atoms with Crippen molar-refractivity contribution in [1.82, 2.24) is 9.66 Å². The van der Waals surface area contributed by atoms with E-state index in [2.05, 4.69) is 5.10 Å². The van der Waals surface area contributed by atoms with Gasteiger partial charge in [-0.3, -0.25) is 4.79 Å². The zero-order valence-electron chi connectivity index (χ0n) is 16.4. The van der Waals surface area contributed by atoms with Crippen LogP contribution in [-0.2, 0) is 0 Å². The van der Waals surface area contributed by atoms with Gasteiger partial charge in [-0.2, -0.15) is 9.78 Å². The van der Waals surface area contributed by atoms with Gasteiger partial charge >= 0.3 is 0 Å². The fourth-order valence-electron chi connectivity index (χ4n) is 3.92. The average molecular weight is 375 g/mol. The van der Waals surface area contributed by atoms with Gasteiger partial charge in [0, 0.05) is 5.92 Å². The number of fused-ring (bicyclic) bond motifs is 1. The molecule has 1 heterocycles. The van der Waals surface area contributed by atoms with Crippen LogP contribution in [-0.4, -0.2) is 23.0 Å². The number of methoxy groups -OCH3 is 1. The highest BCUT2D eigenvalue weighted by atomic mass is 16.5. The van der Waals surface area contributed by atoms with Gasteiger partial charge in [-0.25, -0.2) is 4.98 Å². The van der Waals surface area contributed by atoms with Crippen molar-refractivity contribution >= 4 is 17.1 Å². The lowest BCUT2D eigenvalue weighted by atomic mass is 9.88. The summed E-state index contributed by atoms with van der Waals surface area (Å²) in [4.78, 5) is 18.0. The van der Waals surface area contributed by atoms with Gasteiger partial charge in [-0.1, -0.05) is 31.4 Å². The highest BCUT2D eigenvalue weighted by Gasteiger charge is 2.22. The van der Waals surface area contributed by atoms with Crippen LogP contribution in [0.3, 0.4) is 0 Å². The number of ether oxygens (including phenoxy) is 1. The summed E-state index contributed by atoms with van der Waals surface area (Å²) in [6, 6.07) is 13.3. The van der Waals surface area contributed by atoms with E-state index < -0.39 is 0 Å². The Hall–Kier alpha value is -2.95. The molecular weight excluding hydrogens is 350 g/mol. The molecule has 0 amide bonds. The summed E-state index contributed by atoms with van der Waals surface area (Å²) in [6.45, 7) is 2.01. The zero-order valence-corrected chi connectivity index (χ0v) is 16.4. The third kappa shape index (κ3) is 3.57. The molecule has 2 aromatic carbocycles. The molecule has 4 rings (SSSR count). The minimum atomic E-state index is -0.103. The molecule has 1 aliphatic rings. The van der Waals surface area contributed by atoms with Crippen LogP contribution < -0.4 is 10.3 Å². The maximum atomic E-state index is 13.2. The number of aryl methyl sites for hydroxylation is 1. The van der Waals surface area contributed by atoms with Crippen molar-refractivity contribution in [3.8, 4) is 5.75 Å². The molecule has 0 unspecified atom stereocenters. The number of benzene rings is 2. The number of para-hydroxylation sites is 1. The molecule has 1 fully saturated rings. The Labute approximate surface area is 164 Å². The molecular formula is C23H25N3O2. The summed E-state index contributed by atoms with van der Waals surface area (Å²) < 4.78 is 6.78. The number of hydrogen-bond donors (Lipinski definition) is 0. The van der Waals surface area contributed by atoms with Crippen LogP contribution in [0.2, 0.25) is 0 Å². The van der Waals surface area contributed by atoms with E-state index in [4.69, 9.17) is 9.72 Å². The Morgan fingerprint density at radius 1 is 1.14 bits per heavy atom. The molecule has 144 valence electrons. The lowest BCUT2D eigenvalue weighted by Crippen LogP contribution is -2.25. The molecule has 0 spiro atoms. The fraction of sp³-hybridized carbons (Fsp3) is 0.348. The molecule has 0 bridgehead atoms. The van der Waals surface area contributed by atoms with E-state index in [1.807, 2.05) is 49.4 Å². The van der Waals surface area contributed by atoms with Crippen molar-refractivity contribution in [1.29, 1.82) is 0 Å². The van der Waals surface area contributed by atoms with E-state index in [1.54, 1.807) is 13.3 Å². The molecule has 0 aliphatic heterocycles. The third-order valence-electron chi connectivity index (χ3n) is 5.54. The molecule has 1 saturated carbocycles. The van der Waals surface area contributed by atoms with Gasteiger partial charge < -0.3 is 4.74 Å². The summed E-state index contributed by atoms with van der Waals surface area (Å²) in [5.74, 6) is 1.87. The van der Waals surface area contributed by atoms with E-state index in [-0.39, 0.29) is 11.5 Å². The van der Waals surface area contributed by atoms with Crippen LogP contribution in [0.5, 0.6) is 5.75 Å². The number of rotatable bonds is 4. The Balaban J connectivity index is 1.82. The van der Waals surface area contributed by atoms with Crippen LogP contribution in [0.25, 0.3) is 10.9 Å². The summed E-state index contributed by atoms with van der Waals surface area (Å²) >= 11 is 0. The lowest BCUT2D eigenvalue weighted by molar-refractivity contribution is 0.414. The van der Waals surface area contributed by atoms with Crippen LogP contribution in [0, 0.1) is 6.92 Å². The Bertz CT molecular complexity index is 1080. The van der Waals surface area contributed by atoms with E-state index in [0.29, 0.717) is 5.39 Å². The first kappa shape index (κ1) is 18.4. The average Bonchev–Trinajstić information content (AvgIpc) is 2.74. The monoisotopic (exact) mass is 375 g/mol. The first-order valence-corrected chi connectivity index (χ1v) is 9.88. The predicted octanol–water partition coefficient (Wildman–Crippen LogP) is 4.64. The van der Waals surface area contributed by atoms with Gasteiger partial charge in [0.05, 0.1) is 24.2 Å². The zero-order chi connectivity index (χ0) is 19.5. The van der Waals surface area contributed by atoms with Gasteiger partial charge in [0.25, 0.3) is 5.56 Å². The van der Waals surface area contributed by atoms with Crippen LogP contribution in [0.1, 0.15) is 55.0 Å². The van der Waals surface area contributed by atoms with Crippen molar-refractivity contribution in [2.75, 3.05) is 7.11 Å². The molecule has 1 aliphatic carbocycles. The van der Waals surface area contributed by atoms with E-state index >= 15 is 0 Å². The minimum Gasteiger partial charge on any atom is -0.497 e. The van der Waals surface area contributed by atoms with Crippen molar-refractivity contribution in [3.05, 3.63) is 69.8 Å². The highest BCUT2D eigenvalue weighted by molar-refractivity contribution is 5.82. The SMILES string of the molecule is COc1ccc(C=Nn2c(C3CCCCC3)nc3ccccc3c2=O)c(C)c1. The quantitative estimate of drug-likeness (QED) is 0.624. The van der Waals surface area contributed by atoms with Gasteiger partial charge in [-0.05, 0) is 61.2 Å². The van der Waals surface area contributed by atoms with Crippen molar-refractivity contribution in [2.45, 2.75) is 44.9 Å². The van der Waals surface area contributed by atoms with E-state index in [9.17, 15) is 4.79 Å². The number of nitrogens with zero attached hydrogens (tertiary/aromatic N) is 3. The Morgan fingerprint density at radius 2 is 1.93 bits per heavy atom. The smallest absolute Gasteiger partial charge is 0.282 e. The van der Waals surface area contributed by atoms with Crippen LogP contribution >= 0.6 is 0 Å². The van der Waals surface area contributed by atoms with Gasteiger partial charge in [-0.15, -0.1) is 0 Å². The lowest BCUT2D eigenvalue weighted by Gasteiger charge is -2.22. The standard InChI is InChI=1S/C23H25N3O2/c1-16-14-19(28-2)13-12-18(16)15-24-26-22(17-8-4-3-5-9-17)25-21-11-7-6-10-20(21)23(26)27/h6-7,10-15,17H,3-5,8-9H2,1-2H3. The van der Waals surface area contributed by atoms with Crippen molar-refractivity contribution in [2.24, 2.45) is 5.10 Å². The second-order valence-corrected chi connectivity index (χ2v) is 7.41. The molecule has 1 aromatic heterocycles. The maximum Gasteiger partial charge on any atom is 0.282 e. The topological polar surface area (TPSA) is 56.5 Å². The largest absolute Gasteiger partial charge is 0.497 e. The van der Waals surface area contributed by atoms with Crippen LogP contribution in [0.4, 0.5) is 0 Å². The normalized spacial score (nSPS) is 15.4. The predicted molar refractivity (Wildman–Crippen MR) is 113 cm³/mol. The molecule has 28 heavy (non-hydrogen) atoms. The third-order valence-corrected chi connectivity index (χ3v) is 5.54. The molecule has 3 aromatic rings. The van der Waals surface area contributed by atoms with Gasteiger partial charge in [0.1, 0.15) is 11.6 Å². The summed E-state index contributed by atoms with van der Waals surface area (Å²) in [5, 5.41) is 5.20. The van der Waals surface area contributed by atoms with Gasteiger partial charge in [0.15, 0.2) is 0 Å². The molecule has 0 saturated heterocycles. The summed E-state index contributed by atoms with van der Waals surface area (Å²) in [6.07, 6.45) is 7.47. The molecule has 0 radical (unpaired) electrons. The first-order chi connectivity index (χ1) is 13.7. The molecule has 5 heteroatoms. The van der Waals surface area contributed by atoms with Gasteiger partial charge in [0.2, 0.25) is 0 Å². The minimum absolute atomic E-state index is 0.103. The van der Waals surface area contributed by atoms with Crippen molar-refractivity contribution < 1.29 is 4.74 Å². The van der Waals surface area contributed by atoms with E-state index in [1.165, 1.54) is 23.9 Å². The molecule has 0 N–H and O–H groups in total. The molecule has 5 nitrogen and oxygen atoms in total. The van der Waals surface area contributed by atoms with E-state index in [0.717, 1.165) is 41.1 Å².